The predicted octanol–water partition coefficient (Wildman–Crippen LogP) is 5.46. The fourth-order valence-corrected chi connectivity index (χ4v) is 4.93. The molecule has 0 unspecified atom stereocenters. The molecule has 4 aromatic carbocycles. The first kappa shape index (κ1) is 14.5. The van der Waals surface area contributed by atoms with E-state index in [4.69, 9.17) is 11.2 Å². The lowest BCUT2D eigenvalue weighted by atomic mass is 10.1. The van der Waals surface area contributed by atoms with Gasteiger partial charge >= 0.3 is 0 Å². The van der Waals surface area contributed by atoms with Crippen LogP contribution in [-0.4, -0.2) is 0 Å². The van der Waals surface area contributed by atoms with E-state index in [-0.39, 0.29) is 0 Å². The van der Waals surface area contributed by atoms with Crippen LogP contribution in [0.3, 0.4) is 0 Å². The molecule has 0 spiro atoms. The van der Waals surface area contributed by atoms with E-state index in [0.717, 1.165) is 21.5 Å². The Kier molecular flexibility index (Phi) is 3.49. The number of hydrogen-bond acceptors (Lipinski definition) is 1. The van der Waals surface area contributed by atoms with Crippen LogP contribution in [0.2, 0.25) is 0 Å². The molecule has 0 saturated carbocycles. The zero-order valence-corrected chi connectivity index (χ0v) is 14.0. The predicted molar refractivity (Wildman–Crippen MR) is 101 cm³/mol. The van der Waals surface area contributed by atoms with Crippen LogP contribution < -0.4 is 10.6 Å². The minimum atomic E-state index is -3.13. The summed E-state index contributed by atoms with van der Waals surface area (Å²) in [5, 5.41) is 5.68. The molecule has 0 heterocycles. The molecule has 112 valence electrons. The molecule has 4 rings (SSSR count). The smallest absolute Gasteiger partial charge is 0.225 e. The Morgan fingerprint density at radius 3 is 1.39 bits per heavy atom. The summed E-state index contributed by atoms with van der Waals surface area (Å²) in [6, 6.07) is 27.6. The van der Waals surface area contributed by atoms with E-state index in [0.29, 0.717) is 10.6 Å². The molecule has 0 saturated heterocycles. The summed E-state index contributed by atoms with van der Waals surface area (Å²) in [5.41, 5.74) is 0. The van der Waals surface area contributed by atoms with Crippen LogP contribution in [0.15, 0.2) is 84.9 Å². The average molecular weight is 337 g/mol. The third-order valence-corrected chi connectivity index (χ3v) is 7.19. The number of rotatable bonds is 2. The van der Waals surface area contributed by atoms with Gasteiger partial charge in [-0.25, -0.2) is 0 Å². The van der Waals surface area contributed by atoms with Gasteiger partial charge < -0.3 is 0 Å². The Balaban J connectivity index is 1.87. The number of benzene rings is 4. The van der Waals surface area contributed by atoms with Gasteiger partial charge in [-0.3, -0.25) is 4.57 Å². The van der Waals surface area contributed by atoms with Gasteiger partial charge in [0.25, 0.3) is 0 Å². The molecule has 0 aliphatic rings. The maximum Gasteiger partial charge on any atom is 0.225 e. The van der Waals surface area contributed by atoms with Gasteiger partial charge in [0.1, 0.15) is 0 Å². The lowest BCUT2D eigenvalue weighted by Gasteiger charge is -2.13. The number of hydrogen-bond donors (Lipinski definition) is 0. The molecule has 0 amide bonds. The van der Waals surface area contributed by atoms with Gasteiger partial charge in [-0.15, -0.1) is 0 Å². The zero-order valence-electron chi connectivity index (χ0n) is 12.3. The van der Waals surface area contributed by atoms with Gasteiger partial charge in [0.05, 0.1) is 0 Å². The van der Waals surface area contributed by atoms with Gasteiger partial charge in [0, 0.05) is 10.6 Å². The highest BCUT2D eigenvalue weighted by molar-refractivity contribution is 8.00. The second kappa shape index (κ2) is 5.53. The zero-order chi connectivity index (χ0) is 15.9. The number of halogens is 1. The van der Waals surface area contributed by atoms with Crippen molar-refractivity contribution in [3.05, 3.63) is 84.9 Å². The van der Waals surface area contributed by atoms with Crippen molar-refractivity contribution in [2.24, 2.45) is 0 Å². The van der Waals surface area contributed by atoms with Crippen molar-refractivity contribution in [1.82, 2.24) is 0 Å². The third kappa shape index (κ3) is 2.57. The topological polar surface area (TPSA) is 17.1 Å². The minimum absolute atomic E-state index is 0.674. The first-order chi connectivity index (χ1) is 11.1. The maximum absolute atomic E-state index is 13.3. The summed E-state index contributed by atoms with van der Waals surface area (Å²) >= 11 is 6.54. The quantitative estimate of drug-likeness (QED) is 0.444. The molecule has 0 aliphatic heterocycles. The van der Waals surface area contributed by atoms with Crippen LogP contribution in [0.4, 0.5) is 0 Å². The average Bonchev–Trinajstić information content (AvgIpc) is 2.61. The summed E-state index contributed by atoms with van der Waals surface area (Å²) in [6.07, 6.45) is 0. The van der Waals surface area contributed by atoms with E-state index in [1.54, 1.807) is 0 Å². The van der Waals surface area contributed by atoms with Crippen molar-refractivity contribution in [2.75, 3.05) is 0 Å². The molecular weight excluding hydrogens is 323 g/mol. The number of fused-ring (bicyclic) bond motifs is 2. The van der Waals surface area contributed by atoms with Crippen LogP contribution >= 0.6 is 17.7 Å². The van der Waals surface area contributed by atoms with Crippen molar-refractivity contribution in [2.45, 2.75) is 0 Å². The monoisotopic (exact) mass is 336 g/mol. The fraction of sp³-hybridized carbons (Fsp3) is 0. The van der Waals surface area contributed by atoms with Crippen molar-refractivity contribution >= 4 is 49.9 Å². The second-order valence-corrected chi connectivity index (χ2v) is 9.12. The molecule has 4 aromatic rings. The molecule has 0 bridgehead atoms. The molecule has 1 nitrogen and oxygen atoms in total. The normalized spacial score (nSPS) is 11.9. The summed E-state index contributed by atoms with van der Waals surface area (Å²) in [6.45, 7) is -3.13. The Hall–Kier alpha value is -2.08. The molecule has 0 fully saturated rings. The molecule has 23 heavy (non-hydrogen) atoms. The van der Waals surface area contributed by atoms with Gasteiger partial charge in [-0.05, 0) is 57.1 Å². The third-order valence-electron chi connectivity index (χ3n) is 4.13. The van der Waals surface area contributed by atoms with Crippen LogP contribution in [0.1, 0.15) is 0 Å². The van der Waals surface area contributed by atoms with Crippen LogP contribution in [0.25, 0.3) is 21.5 Å². The van der Waals surface area contributed by atoms with Crippen molar-refractivity contribution in [1.29, 1.82) is 0 Å². The highest BCUT2D eigenvalue weighted by Crippen LogP contribution is 2.49. The molecule has 0 N–H and O–H groups in total. The molecule has 0 aromatic heterocycles. The van der Waals surface area contributed by atoms with E-state index in [2.05, 4.69) is 0 Å². The van der Waals surface area contributed by atoms with Crippen LogP contribution in [0.5, 0.6) is 0 Å². The van der Waals surface area contributed by atoms with Gasteiger partial charge in [-0.1, -0.05) is 60.7 Å². The molecule has 0 atom stereocenters. The van der Waals surface area contributed by atoms with E-state index in [9.17, 15) is 4.57 Å². The second-order valence-electron chi connectivity index (χ2n) is 5.60. The van der Waals surface area contributed by atoms with Gasteiger partial charge in [-0.2, -0.15) is 0 Å². The summed E-state index contributed by atoms with van der Waals surface area (Å²) < 4.78 is 13.3. The molecular formula is C20H14ClOP. The van der Waals surface area contributed by atoms with Gasteiger partial charge in [0.15, 0.2) is 0 Å². The summed E-state index contributed by atoms with van der Waals surface area (Å²) in [7, 11) is 0. The van der Waals surface area contributed by atoms with Gasteiger partial charge in [0.2, 0.25) is 6.49 Å². The SMILES string of the molecule is O=P(Cl)(c1ccc2ccccc2c1)c1ccc2ccccc2c1. The van der Waals surface area contributed by atoms with E-state index in [1.165, 1.54) is 0 Å². The highest BCUT2D eigenvalue weighted by Gasteiger charge is 2.24. The largest absolute Gasteiger partial charge is 0.296 e. The molecule has 0 radical (unpaired) electrons. The Bertz CT molecular complexity index is 988. The molecule has 3 heteroatoms. The van der Waals surface area contributed by atoms with Crippen molar-refractivity contribution in [3.8, 4) is 0 Å². The Morgan fingerprint density at radius 1 is 0.565 bits per heavy atom. The highest BCUT2D eigenvalue weighted by atomic mass is 35.7. The fourth-order valence-electron chi connectivity index (χ4n) is 2.86. The standard InChI is InChI=1S/C20H14ClOP/c21-23(22,19-11-9-15-5-1-3-7-17(15)13-19)20-12-10-16-6-2-4-8-18(16)14-20/h1-14H. The van der Waals surface area contributed by atoms with Crippen molar-refractivity contribution < 1.29 is 4.57 Å². The van der Waals surface area contributed by atoms with E-state index in [1.807, 2.05) is 84.9 Å². The molecule has 0 aliphatic carbocycles. The van der Waals surface area contributed by atoms with E-state index >= 15 is 0 Å². The Labute approximate surface area is 139 Å². The Morgan fingerprint density at radius 2 is 0.957 bits per heavy atom. The summed E-state index contributed by atoms with van der Waals surface area (Å²) in [4.78, 5) is 0. The lowest BCUT2D eigenvalue weighted by Crippen LogP contribution is -2.11. The van der Waals surface area contributed by atoms with Crippen LogP contribution in [0, 0.1) is 0 Å². The van der Waals surface area contributed by atoms with E-state index < -0.39 is 6.49 Å². The van der Waals surface area contributed by atoms with Crippen molar-refractivity contribution in [3.63, 3.8) is 0 Å². The lowest BCUT2D eigenvalue weighted by molar-refractivity contribution is 0.595. The maximum atomic E-state index is 13.3. The first-order valence-electron chi connectivity index (χ1n) is 7.43. The van der Waals surface area contributed by atoms with Crippen LogP contribution in [-0.2, 0) is 4.57 Å². The minimum Gasteiger partial charge on any atom is -0.296 e. The first-order valence-corrected chi connectivity index (χ1v) is 10.0. The summed E-state index contributed by atoms with van der Waals surface area (Å²) in [5.74, 6) is 0.